The van der Waals surface area contributed by atoms with Crippen molar-refractivity contribution in [3.05, 3.63) is 96.1 Å². The highest BCUT2D eigenvalue weighted by Gasteiger charge is 2.49. The lowest BCUT2D eigenvalue weighted by Gasteiger charge is -2.42. The van der Waals surface area contributed by atoms with Crippen molar-refractivity contribution in [2.24, 2.45) is 5.41 Å². The molecule has 0 saturated carbocycles. The van der Waals surface area contributed by atoms with Crippen LogP contribution in [-0.4, -0.2) is 33.2 Å². The third-order valence-corrected chi connectivity index (χ3v) is 10.7. The monoisotopic (exact) mass is 666 g/mol. The third-order valence-electron chi connectivity index (χ3n) is 10.7. The predicted octanol–water partition coefficient (Wildman–Crippen LogP) is 9.48. The number of carbonyl (C=O) groups excluding carboxylic acids is 2. The summed E-state index contributed by atoms with van der Waals surface area (Å²) in [5, 5.41) is 35.2. The van der Waals surface area contributed by atoms with Crippen LogP contribution in [0.2, 0.25) is 0 Å². The van der Waals surface area contributed by atoms with E-state index in [0.29, 0.717) is 25.7 Å². The Bertz CT molecular complexity index is 1550. The van der Waals surface area contributed by atoms with E-state index in [1.165, 1.54) is 0 Å². The molecule has 0 fully saturated rings. The fourth-order valence-electron chi connectivity index (χ4n) is 8.10. The van der Waals surface area contributed by atoms with Crippen LogP contribution >= 0.6 is 0 Å². The molecule has 0 heterocycles. The summed E-state index contributed by atoms with van der Waals surface area (Å²) in [6, 6.07) is 26.5. The third kappa shape index (κ3) is 7.86. The molecule has 0 spiro atoms. The maximum Gasteiger partial charge on any atom is 0.236 e. The fraction of sp³-hybridized carbons (Fsp3) is 0.488. The molecule has 2 atom stereocenters. The number of hydrogen-bond donors (Lipinski definition) is 4. The molecule has 2 amide bonds. The molecule has 0 aliphatic rings. The Morgan fingerprint density at radius 2 is 0.857 bits per heavy atom. The predicted molar refractivity (Wildman–Crippen MR) is 202 cm³/mol. The van der Waals surface area contributed by atoms with Crippen molar-refractivity contribution in [1.29, 1.82) is 0 Å². The number of aliphatic hydroxyl groups is 2. The van der Waals surface area contributed by atoms with Gasteiger partial charge in [-0.15, -0.1) is 0 Å². The molecule has 6 heteroatoms. The molecule has 0 aliphatic heterocycles. The van der Waals surface area contributed by atoms with E-state index in [1.54, 1.807) is 0 Å². The fourth-order valence-corrected chi connectivity index (χ4v) is 8.10. The Morgan fingerprint density at radius 1 is 0.531 bits per heavy atom. The molecule has 0 saturated heterocycles. The van der Waals surface area contributed by atoms with Gasteiger partial charge < -0.3 is 20.8 Å². The smallest absolute Gasteiger partial charge is 0.236 e. The minimum absolute atomic E-state index is 0.256. The maximum atomic E-state index is 14.8. The molecular formula is C43H58N2O4. The van der Waals surface area contributed by atoms with Crippen molar-refractivity contribution in [1.82, 2.24) is 10.6 Å². The second-order valence-corrected chi connectivity index (χ2v) is 13.9. The highest BCUT2D eigenvalue weighted by molar-refractivity contribution is 6.05. The second kappa shape index (κ2) is 16.8. The van der Waals surface area contributed by atoms with Crippen molar-refractivity contribution >= 4 is 33.4 Å². The summed E-state index contributed by atoms with van der Waals surface area (Å²) in [5.41, 5.74) is -2.20. The van der Waals surface area contributed by atoms with E-state index in [2.05, 4.69) is 10.6 Å². The van der Waals surface area contributed by atoms with Gasteiger partial charge in [-0.3, -0.25) is 9.59 Å². The summed E-state index contributed by atoms with van der Waals surface area (Å²) >= 11 is 0. The summed E-state index contributed by atoms with van der Waals surface area (Å²) in [5.74, 6) is -0.825. The van der Waals surface area contributed by atoms with E-state index in [1.807, 2.05) is 126 Å². The molecule has 4 aromatic carbocycles. The molecular weight excluding hydrogens is 608 g/mol. The number of hydrogen-bond acceptors (Lipinski definition) is 4. The number of amides is 2. The van der Waals surface area contributed by atoms with Crippen molar-refractivity contribution in [2.45, 2.75) is 129 Å². The van der Waals surface area contributed by atoms with E-state index in [-0.39, 0.29) is 12.8 Å². The molecule has 0 aromatic heterocycles. The molecule has 0 radical (unpaired) electrons. The van der Waals surface area contributed by atoms with Gasteiger partial charge in [0.05, 0.1) is 23.3 Å². The Balaban J connectivity index is 1.82. The van der Waals surface area contributed by atoms with E-state index < -0.39 is 40.5 Å². The van der Waals surface area contributed by atoms with Crippen LogP contribution < -0.4 is 10.6 Å². The number of rotatable bonds is 18. The van der Waals surface area contributed by atoms with Gasteiger partial charge in [0.2, 0.25) is 11.8 Å². The number of benzene rings is 4. The van der Waals surface area contributed by atoms with Gasteiger partial charge in [-0.1, -0.05) is 152 Å². The van der Waals surface area contributed by atoms with Gasteiger partial charge in [-0.2, -0.15) is 0 Å². The quantitative estimate of drug-likeness (QED) is 0.0795. The van der Waals surface area contributed by atoms with Crippen LogP contribution in [0.5, 0.6) is 0 Å². The molecule has 6 nitrogen and oxygen atoms in total. The lowest BCUT2D eigenvalue weighted by molar-refractivity contribution is -0.148. The topological polar surface area (TPSA) is 98.7 Å². The molecule has 4 aromatic rings. The first-order valence-electron chi connectivity index (χ1n) is 18.6. The van der Waals surface area contributed by atoms with Gasteiger partial charge >= 0.3 is 0 Å². The van der Waals surface area contributed by atoms with Crippen molar-refractivity contribution < 1.29 is 19.8 Å². The zero-order chi connectivity index (χ0) is 35.7. The Hall–Kier alpha value is -3.74. The first-order valence-corrected chi connectivity index (χ1v) is 18.6. The molecule has 4 N–H and O–H groups in total. The van der Waals surface area contributed by atoms with Crippen LogP contribution in [0.15, 0.2) is 84.9 Å². The molecule has 4 rings (SSSR count). The van der Waals surface area contributed by atoms with E-state index in [0.717, 1.165) is 58.4 Å². The maximum absolute atomic E-state index is 14.8. The SMILES string of the molecule is CCCC(O)(CCC)[C@@H](NC(=O)C(CC)(CC)C(=O)N[C@@H](c1cccc2ccccc12)C(O)(CCC)CCC)c1cccc2ccccc12. The van der Waals surface area contributed by atoms with Crippen LogP contribution in [0, 0.1) is 5.41 Å². The van der Waals surface area contributed by atoms with Crippen LogP contribution in [0.4, 0.5) is 0 Å². The lowest BCUT2D eigenvalue weighted by atomic mass is 9.75. The molecule has 0 unspecified atom stereocenters. The van der Waals surface area contributed by atoms with Crippen molar-refractivity contribution in [3.63, 3.8) is 0 Å². The average Bonchev–Trinajstić information content (AvgIpc) is 3.10. The Labute approximate surface area is 293 Å². The Kier molecular flexibility index (Phi) is 13.0. The Morgan fingerprint density at radius 3 is 1.18 bits per heavy atom. The zero-order valence-electron chi connectivity index (χ0n) is 30.5. The molecule has 0 bridgehead atoms. The van der Waals surface area contributed by atoms with E-state index in [4.69, 9.17) is 0 Å². The van der Waals surface area contributed by atoms with Crippen LogP contribution in [-0.2, 0) is 9.59 Å². The van der Waals surface area contributed by atoms with Crippen LogP contribution in [0.1, 0.15) is 129 Å². The largest absolute Gasteiger partial charge is 0.387 e. The minimum Gasteiger partial charge on any atom is -0.387 e. The molecule has 0 aliphatic carbocycles. The van der Waals surface area contributed by atoms with Crippen molar-refractivity contribution in [3.8, 4) is 0 Å². The summed E-state index contributed by atoms with van der Waals surface area (Å²) < 4.78 is 0. The number of fused-ring (bicyclic) bond motifs is 2. The minimum atomic E-state index is -1.44. The van der Waals surface area contributed by atoms with Crippen LogP contribution in [0.25, 0.3) is 21.5 Å². The highest BCUT2D eigenvalue weighted by Crippen LogP contribution is 2.41. The molecule has 264 valence electrons. The number of carbonyl (C=O) groups is 2. The lowest BCUT2D eigenvalue weighted by Crippen LogP contribution is -2.57. The summed E-state index contributed by atoms with van der Waals surface area (Å²) in [6.07, 6.45) is 5.45. The summed E-state index contributed by atoms with van der Waals surface area (Å²) in [7, 11) is 0. The van der Waals surface area contributed by atoms with Gasteiger partial charge in [0.15, 0.2) is 0 Å². The first-order chi connectivity index (χ1) is 23.6. The highest BCUT2D eigenvalue weighted by atomic mass is 16.3. The molecule has 49 heavy (non-hydrogen) atoms. The van der Waals surface area contributed by atoms with Gasteiger partial charge in [-0.05, 0) is 71.2 Å². The van der Waals surface area contributed by atoms with Gasteiger partial charge in [0, 0.05) is 0 Å². The van der Waals surface area contributed by atoms with Crippen LogP contribution in [0.3, 0.4) is 0 Å². The average molecular weight is 667 g/mol. The van der Waals surface area contributed by atoms with E-state index >= 15 is 0 Å². The van der Waals surface area contributed by atoms with Gasteiger partial charge in [-0.25, -0.2) is 0 Å². The normalized spacial score (nSPS) is 13.7. The van der Waals surface area contributed by atoms with Gasteiger partial charge in [0.25, 0.3) is 0 Å². The summed E-state index contributed by atoms with van der Waals surface area (Å²) in [6.45, 7) is 11.9. The first kappa shape index (κ1) is 38.1. The van der Waals surface area contributed by atoms with Gasteiger partial charge in [0.1, 0.15) is 5.41 Å². The zero-order valence-corrected chi connectivity index (χ0v) is 30.5. The summed E-state index contributed by atoms with van der Waals surface area (Å²) in [4.78, 5) is 29.7. The van der Waals surface area contributed by atoms with E-state index in [9.17, 15) is 19.8 Å². The van der Waals surface area contributed by atoms with Crippen molar-refractivity contribution in [2.75, 3.05) is 0 Å². The number of nitrogens with one attached hydrogen (secondary N) is 2. The second-order valence-electron chi connectivity index (χ2n) is 13.9. The standard InChI is InChI=1S/C43H58N2O4/c1-7-27-42(48,28-8-2)37(35-25-17-21-31-19-13-15-23-33(31)35)44-39(46)41(11-5,12-6)40(47)45-38(43(49,29-9-3)30-10-4)36-26-18-22-32-20-14-16-24-34(32)36/h13-26,37-38,48-49H,7-12,27-30H2,1-6H3,(H,44,46)(H,45,47)/t37-,38-/m0/s1.